The molecule has 0 saturated carbocycles. The number of amides is 1. The van der Waals surface area contributed by atoms with Crippen LogP contribution in [0.25, 0.3) is 0 Å². The second kappa shape index (κ2) is 6.66. The fourth-order valence-corrected chi connectivity index (χ4v) is 1.48. The topological polar surface area (TPSA) is 59.2 Å². The first-order chi connectivity index (χ1) is 7.85. The van der Waals surface area contributed by atoms with Crippen molar-refractivity contribution >= 4 is 18.3 Å². The Morgan fingerprint density at radius 2 is 2.11 bits per heavy atom. The van der Waals surface area contributed by atoms with Crippen molar-refractivity contribution in [3.05, 3.63) is 29.8 Å². The average molecular weight is 276 g/mol. The summed E-state index contributed by atoms with van der Waals surface area (Å²) in [6.45, 7) is 4.98. The Morgan fingerprint density at radius 1 is 1.50 bits per heavy atom. The fourth-order valence-electron chi connectivity index (χ4n) is 1.48. The van der Waals surface area contributed by atoms with E-state index in [0.29, 0.717) is 13.1 Å². The predicted molar refractivity (Wildman–Crippen MR) is 71.2 cm³/mol. The van der Waals surface area contributed by atoms with E-state index in [1.54, 1.807) is 11.9 Å². The van der Waals surface area contributed by atoms with Gasteiger partial charge in [-0.15, -0.1) is 12.4 Å². The second-order valence-corrected chi connectivity index (χ2v) is 4.89. The van der Waals surface area contributed by atoms with Gasteiger partial charge in [0.15, 0.2) is 0 Å². The zero-order valence-corrected chi connectivity index (χ0v) is 11.6. The first kappa shape index (κ1) is 16.8. The molecule has 0 unspecified atom stereocenters. The number of hydrogen-bond donors (Lipinski definition) is 1. The Balaban J connectivity index is 0.00000289. The average Bonchev–Trinajstić information content (AvgIpc) is 2.28. The number of nitrogens with zero attached hydrogens (tertiary/aromatic N) is 2. The molecule has 0 bridgehead atoms. The molecule has 0 radical (unpaired) electrons. The molecule has 0 saturated heterocycles. The maximum atomic E-state index is 12.7. The lowest BCUT2D eigenvalue weighted by Gasteiger charge is -2.28. The highest BCUT2D eigenvalue weighted by Crippen LogP contribution is 2.15. The smallest absolute Gasteiger partial charge is 0.272 e. The molecular formula is C12H19ClFN3O. The van der Waals surface area contributed by atoms with Gasteiger partial charge in [-0.05, 0) is 24.1 Å². The van der Waals surface area contributed by atoms with Crippen molar-refractivity contribution < 1.29 is 9.18 Å². The molecule has 6 heteroatoms. The summed E-state index contributed by atoms with van der Waals surface area (Å²) in [6, 6.07) is 2.60. The number of halogens is 2. The minimum absolute atomic E-state index is 0. The quantitative estimate of drug-likeness (QED) is 0.910. The van der Waals surface area contributed by atoms with E-state index in [2.05, 4.69) is 4.98 Å². The maximum absolute atomic E-state index is 12.7. The third kappa shape index (κ3) is 4.58. The Labute approximate surface area is 113 Å². The van der Waals surface area contributed by atoms with Gasteiger partial charge in [-0.1, -0.05) is 13.8 Å². The van der Waals surface area contributed by atoms with Crippen LogP contribution in [0, 0.1) is 11.2 Å². The number of carbonyl (C=O) groups is 1. The monoisotopic (exact) mass is 275 g/mol. The van der Waals surface area contributed by atoms with Gasteiger partial charge in [0.05, 0.1) is 6.20 Å². The molecular weight excluding hydrogens is 257 g/mol. The summed E-state index contributed by atoms with van der Waals surface area (Å²) in [5.74, 6) is -0.682. The van der Waals surface area contributed by atoms with Gasteiger partial charge >= 0.3 is 0 Å². The molecule has 0 aromatic carbocycles. The highest BCUT2D eigenvalue weighted by atomic mass is 35.5. The minimum atomic E-state index is -0.452. The Morgan fingerprint density at radius 3 is 2.56 bits per heavy atom. The van der Waals surface area contributed by atoms with Crippen molar-refractivity contribution in [2.24, 2.45) is 11.1 Å². The van der Waals surface area contributed by atoms with Crippen LogP contribution in [-0.2, 0) is 0 Å². The molecule has 0 aliphatic rings. The van der Waals surface area contributed by atoms with Gasteiger partial charge in [0.2, 0.25) is 0 Å². The molecule has 1 rings (SSSR count). The van der Waals surface area contributed by atoms with Crippen LogP contribution in [0.4, 0.5) is 4.39 Å². The standard InChI is InChI=1S/C12H18FN3O.ClH/c1-12(2,7-14)8-16(3)11(17)10-5-4-9(13)6-15-10;/h4-6H,7-8,14H2,1-3H3;1H. The molecule has 0 aliphatic heterocycles. The van der Waals surface area contributed by atoms with Crippen molar-refractivity contribution in [1.29, 1.82) is 0 Å². The number of aromatic nitrogens is 1. The highest BCUT2D eigenvalue weighted by Gasteiger charge is 2.22. The van der Waals surface area contributed by atoms with E-state index in [9.17, 15) is 9.18 Å². The van der Waals surface area contributed by atoms with Crippen molar-refractivity contribution in [2.45, 2.75) is 13.8 Å². The van der Waals surface area contributed by atoms with Crippen LogP contribution in [-0.4, -0.2) is 35.9 Å². The second-order valence-electron chi connectivity index (χ2n) is 4.89. The van der Waals surface area contributed by atoms with Crippen molar-refractivity contribution in [1.82, 2.24) is 9.88 Å². The lowest BCUT2D eigenvalue weighted by Crippen LogP contribution is -2.40. The molecule has 2 N–H and O–H groups in total. The summed E-state index contributed by atoms with van der Waals surface area (Å²) in [5, 5.41) is 0. The van der Waals surface area contributed by atoms with Gasteiger partial charge in [-0.2, -0.15) is 0 Å². The molecule has 4 nitrogen and oxygen atoms in total. The summed E-state index contributed by atoms with van der Waals surface area (Å²) in [6.07, 6.45) is 1.04. The number of carbonyl (C=O) groups excluding carboxylic acids is 1. The van der Waals surface area contributed by atoms with Gasteiger partial charge in [-0.25, -0.2) is 9.37 Å². The summed E-state index contributed by atoms with van der Waals surface area (Å²) in [4.78, 5) is 17.3. The molecule has 0 spiro atoms. The van der Waals surface area contributed by atoms with Crippen molar-refractivity contribution in [2.75, 3.05) is 20.1 Å². The minimum Gasteiger partial charge on any atom is -0.340 e. The first-order valence-corrected chi connectivity index (χ1v) is 5.43. The van der Waals surface area contributed by atoms with E-state index in [1.807, 2.05) is 13.8 Å². The van der Waals surface area contributed by atoms with Crippen LogP contribution < -0.4 is 5.73 Å². The van der Waals surface area contributed by atoms with Crippen molar-refractivity contribution in [3.8, 4) is 0 Å². The van der Waals surface area contributed by atoms with Crippen LogP contribution in [0.2, 0.25) is 0 Å². The maximum Gasteiger partial charge on any atom is 0.272 e. The number of rotatable bonds is 4. The molecule has 0 atom stereocenters. The molecule has 18 heavy (non-hydrogen) atoms. The van der Waals surface area contributed by atoms with E-state index in [4.69, 9.17) is 5.73 Å². The lowest BCUT2D eigenvalue weighted by atomic mass is 9.93. The van der Waals surface area contributed by atoms with E-state index < -0.39 is 5.82 Å². The van der Waals surface area contributed by atoms with Gasteiger partial charge < -0.3 is 10.6 Å². The molecule has 0 fully saturated rings. The van der Waals surface area contributed by atoms with Crippen LogP contribution >= 0.6 is 12.4 Å². The first-order valence-electron chi connectivity index (χ1n) is 5.43. The van der Waals surface area contributed by atoms with Gasteiger partial charge in [0.25, 0.3) is 5.91 Å². The Bertz CT molecular complexity index is 395. The third-order valence-electron chi connectivity index (χ3n) is 2.51. The van der Waals surface area contributed by atoms with Gasteiger partial charge in [0, 0.05) is 13.6 Å². The van der Waals surface area contributed by atoms with Gasteiger partial charge in [-0.3, -0.25) is 4.79 Å². The highest BCUT2D eigenvalue weighted by molar-refractivity contribution is 5.92. The molecule has 1 heterocycles. The lowest BCUT2D eigenvalue weighted by molar-refractivity contribution is 0.0734. The van der Waals surface area contributed by atoms with E-state index in [-0.39, 0.29) is 29.4 Å². The Hall–Kier alpha value is -1.20. The SMILES string of the molecule is CN(CC(C)(C)CN)C(=O)c1ccc(F)cn1.Cl. The van der Waals surface area contributed by atoms with E-state index in [1.165, 1.54) is 12.1 Å². The van der Waals surface area contributed by atoms with Crippen LogP contribution in [0.1, 0.15) is 24.3 Å². The molecule has 1 amide bonds. The normalized spacial score (nSPS) is 10.7. The molecule has 102 valence electrons. The Kier molecular flexibility index (Phi) is 6.21. The number of pyridine rings is 1. The van der Waals surface area contributed by atoms with E-state index >= 15 is 0 Å². The molecule has 0 aliphatic carbocycles. The van der Waals surface area contributed by atoms with Crippen LogP contribution in [0.3, 0.4) is 0 Å². The summed E-state index contributed by atoms with van der Waals surface area (Å²) in [7, 11) is 1.69. The van der Waals surface area contributed by atoms with Crippen molar-refractivity contribution in [3.63, 3.8) is 0 Å². The zero-order valence-electron chi connectivity index (χ0n) is 10.8. The fraction of sp³-hybridized carbons (Fsp3) is 0.500. The molecule has 1 aromatic heterocycles. The molecule has 1 aromatic rings. The third-order valence-corrected chi connectivity index (χ3v) is 2.51. The summed E-state index contributed by atoms with van der Waals surface area (Å²) in [5.41, 5.74) is 5.70. The van der Waals surface area contributed by atoms with Crippen LogP contribution in [0.15, 0.2) is 18.3 Å². The largest absolute Gasteiger partial charge is 0.340 e. The van der Waals surface area contributed by atoms with Gasteiger partial charge in [0.1, 0.15) is 11.5 Å². The predicted octanol–water partition coefficient (Wildman–Crippen LogP) is 1.70. The summed E-state index contributed by atoms with van der Waals surface area (Å²) < 4.78 is 12.7. The summed E-state index contributed by atoms with van der Waals surface area (Å²) >= 11 is 0. The zero-order chi connectivity index (χ0) is 13.1. The van der Waals surface area contributed by atoms with Crippen LogP contribution in [0.5, 0.6) is 0 Å². The van der Waals surface area contributed by atoms with E-state index in [0.717, 1.165) is 6.20 Å². The number of nitrogens with two attached hydrogens (primary N) is 1. The number of hydrogen-bond acceptors (Lipinski definition) is 3.